The summed E-state index contributed by atoms with van der Waals surface area (Å²) in [6, 6.07) is 7.98. The van der Waals surface area contributed by atoms with Gasteiger partial charge in [0, 0.05) is 6.20 Å². The Balaban J connectivity index is 1.97. The van der Waals surface area contributed by atoms with Gasteiger partial charge in [0.15, 0.2) is 0 Å². The van der Waals surface area contributed by atoms with Gasteiger partial charge in [0.05, 0.1) is 11.2 Å². The van der Waals surface area contributed by atoms with E-state index in [0.29, 0.717) is 0 Å². The van der Waals surface area contributed by atoms with Crippen LogP contribution in [0.15, 0.2) is 30.5 Å². The Morgan fingerprint density at radius 2 is 2.12 bits per heavy atom. The normalized spacial score (nSPS) is 29.6. The summed E-state index contributed by atoms with van der Waals surface area (Å²) < 4.78 is 1.84. The molecule has 0 atom stereocenters. The van der Waals surface area contributed by atoms with E-state index in [1.807, 2.05) is 35.0 Å². The number of rotatable bonds is 1. The van der Waals surface area contributed by atoms with Crippen LogP contribution in [-0.2, 0) is 5.60 Å². The van der Waals surface area contributed by atoms with Gasteiger partial charge in [-0.3, -0.25) is 0 Å². The van der Waals surface area contributed by atoms with E-state index in [2.05, 4.69) is 12.0 Å². The summed E-state index contributed by atoms with van der Waals surface area (Å²) in [6.07, 6.45) is 5.76. The van der Waals surface area contributed by atoms with Gasteiger partial charge in [0.2, 0.25) is 0 Å². The molecule has 0 aliphatic heterocycles. The first-order chi connectivity index (χ1) is 8.17. The van der Waals surface area contributed by atoms with Crippen molar-refractivity contribution in [1.82, 2.24) is 9.61 Å². The minimum atomic E-state index is -0.710. The van der Waals surface area contributed by atoms with Crippen LogP contribution in [0.25, 0.3) is 5.52 Å². The maximum Gasteiger partial charge on any atom is 0.108 e. The second-order valence-corrected chi connectivity index (χ2v) is 5.31. The van der Waals surface area contributed by atoms with E-state index in [9.17, 15) is 5.11 Å². The highest BCUT2D eigenvalue weighted by atomic mass is 16.3. The molecule has 3 rings (SSSR count). The molecular formula is C14H18N2O. The lowest BCUT2D eigenvalue weighted by Gasteiger charge is -2.33. The first-order valence-electron chi connectivity index (χ1n) is 6.35. The highest BCUT2D eigenvalue weighted by molar-refractivity contribution is 5.48. The van der Waals surface area contributed by atoms with Gasteiger partial charge in [-0.2, -0.15) is 5.10 Å². The zero-order valence-electron chi connectivity index (χ0n) is 10.1. The van der Waals surface area contributed by atoms with Crippen LogP contribution in [0.3, 0.4) is 0 Å². The highest BCUT2D eigenvalue weighted by Crippen LogP contribution is 2.38. The number of fused-ring (bicyclic) bond motifs is 1. The van der Waals surface area contributed by atoms with E-state index >= 15 is 0 Å². The highest BCUT2D eigenvalue weighted by Gasteiger charge is 2.35. The van der Waals surface area contributed by atoms with Gasteiger partial charge in [-0.25, -0.2) is 4.52 Å². The third kappa shape index (κ3) is 1.84. The lowest BCUT2D eigenvalue weighted by atomic mass is 9.78. The Kier molecular flexibility index (Phi) is 2.44. The third-order valence-corrected chi connectivity index (χ3v) is 3.95. The van der Waals surface area contributed by atoms with Crippen LogP contribution in [0.1, 0.15) is 38.3 Å². The topological polar surface area (TPSA) is 37.5 Å². The van der Waals surface area contributed by atoms with Crippen LogP contribution in [0.5, 0.6) is 0 Å². The molecule has 1 N–H and O–H groups in total. The van der Waals surface area contributed by atoms with Gasteiger partial charge in [0.25, 0.3) is 0 Å². The van der Waals surface area contributed by atoms with Crippen LogP contribution >= 0.6 is 0 Å². The Bertz CT molecular complexity index is 491. The Labute approximate surface area is 101 Å². The van der Waals surface area contributed by atoms with Crippen molar-refractivity contribution < 1.29 is 5.11 Å². The Hall–Kier alpha value is -1.35. The van der Waals surface area contributed by atoms with Crippen LogP contribution in [0, 0.1) is 5.92 Å². The smallest absolute Gasteiger partial charge is 0.108 e. The molecule has 3 heteroatoms. The maximum absolute atomic E-state index is 10.7. The molecule has 2 heterocycles. The predicted molar refractivity (Wildman–Crippen MR) is 66.7 cm³/mol. The van der Waals surface area contributed by atoms with Crippen molar-refractivity contribution in [2.24, 2.45) is 5.92 Å². The molecular weight excluding hydrogens is 212 g/mol. The number of hydrogen-bond donors (Lipinski definition) is 1. The Morgan fingerprint density at radius 3 is 2.82 bits per heavy atom. The fourth-order valence-corrected chi connectivity index (χ4v) is 2.66. The van der Waals surface area contributed by atoms with Crippen LogP contribution in [0.2, 0.25) is 0 Å². The molecule has 1 fully saturated rings. The lowest BCUT2D eigenvalue weighted by Crippen LogP contribution is -2.31. The average molecular weight is 230 g/mol. The molecule has 3 nitrogen and oxygen atoms in total. The molecule has 2 aromatic rings. The molecule has 1 aliphatic carbocycles. The standard InChI is InChI=1S/C14H18N2O/c1-11-5-7-14(17,8-6-11)13-10-12-4-2-3-9-16(12)15-13/h2-4,9-11,17H,5-8H2,1H3. The molecule has 0 aromatic carbocycles. The summed E-state index contributed by atoms with van der Waals surface area (Å²) in [6.45, 7) is 2.25. The molecule has 0 saturated heterocycles. The van der Waals surface area contributed by atoms with Crippen molar-refractivity contribution in [2.75, 3.05) is 0 Å². The van der Waals surface area contributed by atoms with Gasteiger partial charge in [-0.15, -0.1) is 0 Å². The molecule has 2 aromatic heterocycles. The van der Waals surface area contributed by atoms with Crippen LogP contribution < -0.4 is 0 Å². The second-order valence-electron chi connectivity index (χ2n) is 5.31. The lowest BCUT2D eigenvalue weighted by molar-refractivity contribution is -0.0160. The maximum atomic E-state index is 10.7. The van der Waals surface area contributed by atoms with Crippen molar-refractivity contribution in [3.63, 3.8) is 0 Å². The molecule has 90 valence electrons. The molecule has 1 saturated carbocycles. The van der Waals surface area contributed by atoms with Crippen LogP contribution in [0.4, 0.5) is 0 Å². The van der Waals surface area contributed by atoms with E-state index in [0.717, 1.165) is 42.8 Å². The monoisotopic (exact) mass is 230 g/mol. The predicted octanol–water partition coefficient (Wildman–Crippen LogP) is 2.73. The molecule has 1 aliphatic rings. The van der Waals surface area contributed by atoms with Crippen molar-refractivity contribution in [2.45, 2.75) is 38.2 Å². The van der Waals surface area contributed by atoms with E-state index in [-0.39, 0.29) is 0 Å². The number of hydrogen-bond acceptors (Lipinski definition) is 2. The third-order valence-electron chi connectivity index (χ3n) is 3.95. The minimum absolute atomic E-state index is 0.710. The molecule has 0 radical (unpaired) electrons. The SMILES string of the molecule is CC1CCC(O)(c2cc3ccccn3n2)CC1. The summed E-state index contributed by atoms with van der Waals surface area (Å²) in [5.41, 5.74) is 1.17. The first-order valence-corrected chi connectivity index (χ1v) is 6.35. The average Bonchev–Trinajstić information content (AvgIpc) is 2.77. The zero-order chi connectivity index (χ0) is 11.9. The fourth-order valence-electron chi connectivity index (χ4n) is 2.66. The summed E-state index contributed by atoms with van der Waals surface area (Å²) in [7, 11) is 0. The first kappa shape index (κ1) is 10.8. The largest absolute Gasteiger partial charge is 0.383 e. The molecule has 0 unspecified atom stereocenters. The minimum Gasteiger partial charge on any atom is -0.383 e. The van der Waals surface area contributed by atoms with Gasteiger partial charge >= 0.3 is 0 Å². The van der Waals surface area contributed by atoms with Gasteiger partial charge in [-0.05, 0) is 49.8 Å². The van der Waals surface area contributed by atoms with Crippen molar-refractivity contribution >= 4 is 5.52 Å². The van der Waals surface area contributed by atoms with Crippen LogP contribution in [-0.4, -0.2) is 14.7 Å². The fraction of sp³-hybridized carbons (Fsp3) is 0.500. The quantitative estimate of drug-likeness (QED) is 0.818. The van der Waals surface area contributed by atoms with Crippen molar-refractivity contribution in [1.29, 1.82) is 0 Å². The Morgan fingerprint density at radius 1 is 1.35 bits per heavy atom. The summed E-state index contributed by atoms with van der Waals surface area (Å²) >= 11 is 0. The van der Waals surface area contributed by atoms with Gasteiger partial charge in [0.1, 0.15) is 5.60 Å². The molecule has 17 heavy (non-hydrogen) atoms. The summed E-state index contributed by atoms with van der Waals surface area (Å²) in [5, 5.41) is 15.2. The van der Waals surface area contributed by atoms with Gasteiger partial charge in [-0.1, -0.05) is 13.0 Å². The van der Waals surface area contributed by atoms with E-state index in [1.165, 1.54) is 0 Å². The number of aliphatic hydroxyl groups is 1. The van der Waals surface area contributed by atoms with E-state index < -0.39 is 5.60 Å². The number of nitrogens with zero attached hydrogens (tertiary/aromatic N) is 2. The summed E-state index contributed by atoms with van der Waals surface area (Å²) in [5.74, 6) is 0.729. The van der Waals surface area contributed by atoms with Crippen molar-refractivity contribution in [3.05, 3.63) is 36.2 Å². The second kappa shape index (κ2) is 3.84. The molecule has 0 amide bonds. The number of aromatic nitrogens is 2. The van der Waals surface area contributed by atoms with E-state index in [4.69, 9.17) is 0 Å². The van der Waals surface area contributed by atoms with Crippen molar-refractivity contribution in [3.8, 4) is 0 Å². The van der Waals surface area contributed by atoms with Gasteiger partial charge < -0.3 is 5.11 Å². The molecule has 0 bridgehead atoms. The van der Waals surface area contributed by atoms with E-state index in [1.54, 1.807) is 0 Å². The summed E-state index contributed by atoms with van der Waals surface area (Å²) in [4.78, 5) is 0. The number of pyridine rings is 1. The zero-order valence-corrected chi connectivity index (χ0v) is 10.1. The molecule has 0 spiro atoms.